The van der Waals surface area contributed by atoms with Crippen LogP contribution in [0.5, 0.6) is 0 Å². The Kier molecular flexibility index (Phi) is 5.44. The van der Waals surface area contributed by atoms with Crippen LogP contribution in [0.3, 0.4) is 0 Å². The number of carbonyl (C=O) groups is 2. The van der Waals surface area contributed by atoms with E-state index in [1.165, 1.54) is 0 Å². The van der Waals surface area contributed by atoms with Gasteiger partial charge in [-0.25, -0.2) is 9.78 Å². The molecule has 1 fully saturated rings. The minimum atomic E-state index is -0.294. The number of aromatic nitrogens is 2. The van der Waals surface area contributed by atoms with Gasteiger partial charge in [-0.3, -0.25) is 4.79 Å². The van der Waals surface area contributed by atoms with Crippen molar-refractivity contribution in [3.8, 4) is 0 Å². The lowest BCUT2D eigenvalue weighted by atomic mass is 10.1. The third-order valence-electron chi connectivity index (χ3n) is 4.90. The van der Waals surface area contributed by atoms with Crippen LogP contribution in [0.2, 0.25) is 0 Å². The van der Waals surface area contributed by atoms with Gasteiger partial charge in [-0.05, 0) is 38.0 Å². The molecule has 0 atom stereocenters. The molecule has 7 nitrogen and oxygen atoms in total. The van der Waals surface area contributed by atoms with Gasteiger partial charge in [0.15, 0.2) is 0 Å². The Bertz CT molecular complexity index is 814. The highest BCUT2D eigenvalue weighted by Crippen LogP contribution is 2.17. The van der Waals surface area contributed by atoms with E-state index in [0.717, 1.165) is 28.8 Å². The molecule has 0 saturated carbocycles. The summed E-state index contributed by atoms with van der Waals surface area (Å²) in [7, 11) is 1.99. The van der Waals surface area contributed by atoms with Crippen molar-refractivity contribution in [1.29, 1.82) is 0 Å². The summed E-state index contributed by atoms with van der Waals surface area (Å²) in [6, 6.07) is 6.00. The minimum Gasteiger partial charge on any atom is -0.450 e. The van der Waals surface area contributed by atoms with E-state index in [2.05, 4.69) is 4.98 Å². The number of amides is 2. The van der Waals surface area contributed by atoms with Crippen LogP contribution in [-0.2, 0) is 23.0 Å². The molecule has 1 aromatic heterocycles. The van der Waals surface area contributed by atoms with Crippen molar-refractivity contribution in [2.24, 2.45) is 7.05 Å². The summed E-state index contributed by atoms with van der Waals surface area (Å²) in [5, 5.41) is 0. The zero-order valence-corrected chi connectivity index (χ0v) is 15.7. The number of hydrogen-bond donors (Lipinski definition) is 0. The number of nitrogens with zero attached hydrogens (tertiary/aromatic N) is 4. The van der Waals surface area contributed by atoms with Crippen LogP contribution < -0.4 is 0 Å². The molecule has 7 heteroatoms. The van der Waals surface area contributed by atoms with Crippen LogP contribution in [0.1, 0.15) is 24.7 Å². The van der Waals surface area contributed by atoms with Crippen LogP contribution >= 0.6 is 0 Å². The van der Waals surface area contributed by atoms with Crippen molar-refractivity contribution in [2.75, 3.05) is 32.8 Å². The van der Waals surface area contributed by atoms with Crippen LogP contribution in [0.25, 0.3) is 11.0 Å². The smallest absolute Gasteiger partial charge is 0.409 e. The molecule has 0 aliphatic carbocycles. The highest BCUT2D eigenvalue weighted by Gasteiger charge is 2.22. The maximum atomic E-state index is 12.7. The van der Waals surface area contributed by atoms with Gasteiger partial charge in [0.2, 0.25) is 5.91 Å². The number of aryl methyl sites for hydroxylation is 2. The van der Waals surface area contributed by atoms with E-state index in [9.17, 15) is 9.59 Å². The van der Waals surface area contributed by atoms with E-state index in [1.54, 1.807) is 11.8 Å². The van der Waals surface area contributed by atoms with Gasteiger partial charge in [0, 0.05) is 33.2 Å². The van der Waals surface area contributed by atoms with Gasteiger partial charge in [-0.2, -0.15) is 0 Å². The molecule has 0 unspecified atom stereocenters. The first-order valence-corrected chi connectivity index (χ1v) is 9.11. The van der Waals surface area contributed by atoms with Crippen molar-refractivity contribution >= 4 is 23.0 Å². The lowest BCUT2D eigenvalue weighted by molar-refractivity contribution is -0.130. The summed E-state index contributed by atoms with van der Waals surface area (Å²) < 4.78 is 7.10. The quantitative estimate of drug-likeness (QED) is 0.843. The van der Waals surface area contributed by atoms with Crippen molar-refractivity contribution in [1.82, 2.24) is 19.4 Å². The Morgan fingerprint density at radius 3 is 2.65 bits per heavy atom. The summed E-state index contributed by atoms with van der Waals surface area (Å²) in [5.74, 6) is 1.04. The molecule has 1 aromatic carbocycles. The number of fused-ring (bicyclic) bond motifs is 1. The fraction of sp³-hybridized carbons (Fsp3) is 0.526. The second-order valence-electron chi connectivity index (χ2n) is 6.64. The van der Waals surface area contributed by atoms with Crippen molar-refractivity contribution < 1.29 is 14.3 Å². The number of imidazole rings is 1. The van der Waals surface area contributed by atoms with Gasteiger partial charge in [0.05, 0.1) is 24.1 Å². The lowest BCUT2D eigenvalue weighted by Crippen LogP contribution is -2.38. The number of hydrogen-bond acceptors (Lipinski definition) is 4. The predicted octanol–water partition coefficient (Wildman–Crippen LogP) is 2.12. The molecular weight excluding hydrogens is 332 g/mol. The normalized spacial score (nSPS) is 15.2. The largest absolute Gasteiger partial charge is 0.450 e. The number of ether oxygens (including phenoxy) is 1. The first-order chi connectivity index (χ1) is 12.5. The maximum absolute atomic E-state index is 12.7. The molecule has 26 heavy (non-hydrogen) atoms. The first-order valence-electron chi connectivity index (χ1n) is 9.11. The molecule has 0 N–H and O–H groups in total. The standard InChI is InChI=1S/C19H26N4O3/c1-4-26-19(25)23-9-5-8-22(10-11-23)18(24)13-15-6-7-17-16(12-15)20-14(2)21(17)3/h6-7,12H,4-5,8-11,13H2,1-3H3. The molecule has 2 aromatic rings. The van der Waals surface area contributed by atoms with E-state index in [4.69, 9.17) is 4.74 Å². The van der Waals surface area contributed by atoms with E-state index < -0.39 is 0 Å². The van der Waals surface area contributed by atoms with Crippen LogP contribution in [0, 0.1) is 6.92 Å². The summed E-state index contributed by atoms with van der Waals surface area (Å²) >= 11 is 0. The summed E-state index contributed by atoms with van der Waals surface area (Å²) in [6.07, 6.45) is 0.825. The first kappa shape index (κ1) is 18.2. The number of carbonyl (C=O) groups excluding carboxylic acids is 2. The lowest BCUT2D eigenvalue weighted by Gasteiger charge is -2.21. The molecule has 2 heterocycles. The highest BCUT2D eigenvalue weighted by molar-refractivity contribution is 5.82. The number of benzene rings is 1. The number of rotatable bonds is 3. The van der Waals surface area contributed by atoms with Crippen LogP contribution in [-0.4, -0.2) is 64.1 Å². The maximum Gasteiger partial charge on any atom is 0.409 e. The average molecular weight is 358 g/mol. The SMILES string of the molecule is CCOC(=O)N1CCCN(C(=O)Cc2ccc3c(c2)nc(C)n3C)CC1. The fourth-order valence-electron chi connectivity index (χ4n) is 3.33. The molecular formula is C19H26N4O3. The van der Waals surface area contributed by atoms with Crippen LogP contribution in [0.15, 0.2) is 18.2 Å². The van der Waals surface area contributed by atoms with E-state index >= 15 is 0 Å². The van der Waals surface area contributed by atoms with Crippen molar-refractivity contribution in [3.63, 3.8) is 0 Å². The third-order valence-corrected chi connectivity index (χ3v) is 4.90. The van der Waals surface area contributed by atoms with Gasteiger partial charge in [0.1, 0.15) is 5.82 Å². The minimum absolute atomic E-state index is 0.0858. The van der Waals surface area contributed by atoms with Gasteiger partial charge >= 0.3 is 6.09 Å². The topological polar surface area (TPSA) is 67.7 Å². The molecule has 0 spiro atoms. The van der Waals surface area contributed by atoms with Gasteiger partial charge < -0.3 is 19.1 Å². The summed E-state index contributed by atoms with van der Waals surface area (Å²) in [5.41, 5.74) is 2.95. The molecule has 0 bridgehead atoms. The van der Waals surface area contributed by atoms with E-state index in [0.29, 0.717) is 39.2 Å². The molecule has 2 amide bonds. The Morgan fingerprint density at radius 2 is 1.88 bits per heavy atom. The van der Waals surface area contributed by atoms with E-state index in [1.807, 2.05) is 41.6 Å². The monoisotopic (exact) mass is 358 g/mol. The molecule has 1 saturated heterocycles. The van der Waals surface area contributed by atoms with Gasteiger partial charge in [-0.1, -0.05) is 6.07 Å². The molecule has 1 aliphatic rings. The van der Waals surface area contributed by atoms with Gasteiger partial charge in [0.25, 0.3) is 0 Å². The Hall–Kier alpha value is -2.57. The van der Waals surface area contributed by atoms with E-state index in [-0.39, 0.29) is 12.0 Å². The van der Waals surface area contributed by atoms with Crippen molar-refractivity contribution in [2.45, 2.75) is 26.7 Å². The molecule has 3 rings (SSSR count). The average Bonchev–Trinajstić information content (AvgIpc) is 2.80. The summed E-state index contributed by atoms with van der Waals surface area (Å²) in [6.45, 7) is 6.49. The predicted molar refractivity (Wildman–Crippen MR) is 98.9 cm³/mol. The molecule has 0 radical (unpaired) electrons. The molecule has 140 valence electrons. The molecule has 1 aliphatic heterocycles. The zero-order valence-electron chi connectivity index (χ0n) is 15.7. The van der Waals surface area contributed by atoms with Crippen molar-refractivity contribution in [3.05, 3.63) is 29.6 Å². The Labute approximate surface area is 153 Å². The zero-order chi connectivity index (χ0) is 18.7. The highest BCUT2D eigenvalue weighted by atomic mass is 16.6. The second kappa shape index (κ2) is 7.76. The summed E-state index contributed by atoms with van der Waals surface area (Å²) in [4.78, 5) is 32.6. The Balaban J connectivity index is 1.63. The van der Waals surface area contributed by atoms with Crippen LogP contribution in [0.4, 0.5) is 4.79 Å². The third kappa shape index (κ3) is 3.81. The second-order valence-corrected chi connectivity index (χ2v) is 6.64. The fourth-order valence-corrected chi connectivity index (χ4v) is 3.33. The van der Waals surface area contributed by atoms with Gasteiger partial charge in [-0.15, -0.1) is 0 Å². The Morgan fingerprint density at radius 1 is 1.15 bits per heavy atom.